The molecule has 1 aromatic rings. The van der Waals surface area contributed by atoms with Gasteiger partial charge in [0.15, 0.2) is 0 Å². The van der Waals surface area contributed by atoms with Gasteiger partial charge in [-0.3, -0.25) is 0 Å². The van der Waals surface area contributed by atoms with Crippen molar-refractivity contribution in [2.24, 2.45) is 0 Å². The first kappa shape index (κ1) is 11.3. The van der Waals surface area contributed by atoms with Crippen molar-refractivity contribution in [3.8, 4) is 0 Å². The lowest BCUT2D eigenvalue weighted by atomic mass is 10.2. The van der Waals surface area contributed by atoms with Crippen LogP contribution in [0.2, 0.25) is 5.02 Å². The van der Waals surface area contributed by atoms with Gasteiger partial charge in [-0.05, 0) is 11.4 Å². The predicted molar refractivity (Wildman–Crippen MR) is 58.1 cm³/mol. The van der Waals surface area contributed by atoms with Crippen LogP contribution in [0, 0.1) is 0 Å². The normalized spacial score (nSPS) is 22.4. The molecule has 1 atom stereocenters. The molecule has 2 heterocycles. The molecule has 1 aliphatic heterocycles. The van der Waals surface area contributed by atoms with Crippen LogP contribution in [0.3, 0.4) is 0 Å². The van der Waals surface area contributed by atoms with Crippen molar-refractivity contribution in [3.05, 3.63) is 21.3 Å². The van der Waals surface area contributed by atoms with Crippen LogP contribution in [0.25, 0.3) is 0 Å². The van der Waals surface area contributed by atoms with Gasteiger partial charge in [0.2, 0.25) is 0 Å². The van der Waals surface area contributed by atoms with Crippen LogP contribution < -0.4 is 5.32 Å². The number of halogens is 2. The van der Waals surface area contributed by atoms with Crippen LogP contribution in [-0.2, 0) is 4.74 Å². The standard InChI is InChI=1S/C8H10ClNOS.ClH/c9-6-1-4-12-8(6)7-5-11-3-2-10-7;/h1,4,7,10H,2-3,5H2;1H/t7-;/m1./s1. The molecule has 13 heavy (non-hydrogen) atoms. The Morgan fingerprint density at radius 3 is 3.00 bits per heavy atom. The Morgan fingerprint density at radius 1 is 1.62 bits per heavy atom. The minimum absolute atomic E-state index is 0. The highest BCUT2D eigenvalue weighted by Crippen LogP contribution is 2.29. The van der Waals surface area contributed by atoms with Gasteiger partial charge in [-0.2, -0.15) is 0 Å². The summed E-state index contributed by atoms with van der Waals surface area (Å²) in [7, 11) is 0. The molecular formula is C8H11Cl2NOS. The van der Waals surface area contributed by atoms with Crippen LogP contribution in [0.5, 0.6) is 0 Å². The number of morpholine rings is 1. The maximum Gasteiger partial charge on any atom is 0.0670 e. The Morgan fingerprint density at radius 2 is 2.46 bits per heavy atom. The van der Waals surface area contributed by atoms with Crippen LogP contribution in [0.15, 0.2) is 11.4 Å². The fraction of sp³-hybridized carbons (Fsp3) is 0.500. The highest BCUT2D eigenvalue weighted by Gasteiger charge is 2.18. The maximum absolute atomic E-state index is 5.99. The fourth-order valence-corrected chi connectivity index (χ4v) is 2.54. The molecule has 0 saturated carbocycles. The second-order valence-electron chi connectivity index (χ2n) is 2.71. The topological polar surface area (TPSA) is 21.3 Å². The first-order valence-corrected chi connectivity index (χ1v) is 5.17. The molecule has 0 bridgehead atoms. The molecule has 0 aromatic carbocycles. The molecule has 1 N–H and O–H groups in total. The summed E-state index contributed by atoms with van der Waals surface area (Å²) in [5.41, 5.74) is 0. The van der Waals surface area contributed by atoms with E-state index >= 15 is 0 Å². The van der Waals surface area contributed by atoms with Crippen molar-refractivity contribution in [2.45, 2.75) is 6.04 Å². The van der Waals surface area contributed by atoms with Crippen LogP contribution in [0.4, 0.5) is 0 Å². The third-order valence-corrected chi connectivity index (χ3v) is 3.36. The summed E-state index contributed by atoms with van der Waals surface area (Å²) in [6.45, 7) is 2.46. The zero-order valence-electron chi connectivity index (χ0n) is 6.96. The number of hydrogen-bond acceptors (Lipinski definition) is 3. The molecule has 1 saturated heterocycles. The number of hydrogen-bond donors (Lipinski definition) is 1. The zero-order chi connectivity index (χ0) is 8.39. The van der Waals surface area contributed by atoms with Gasteiger partial charge in [-0.15, -0.1) is 23.7 Å². The molecule has 2 rings (SSSR count). The molecule has 2 nitrogen and oxygen atoms in total. The van der Waals surface area contributed by atoms with Crippen molar-refractivity contribution in [1.29, 1.82) is 0 Å². The Kier molecular flexibility index (Phi) is 4.49. The van der Waals surface area contributed by atoms with E-state index in [1.165, 1.54) is 4.88 Å². The van der Waals surface area contributed by atoms with E-state index in [1.54, 1.807) is 11.3 Å². The van der Waals surface area contributed by atoms with Crippen LogP contribution in [0.1, 0.15) is 10.9 Å². The van der Waals surface area contributed by atoms with Gasteiger partial charge in [0, 0.05) is 11.4 Å². The van der Waals surface area contributed by atoms with E-state index in [1.807, 2.05) is 11.4 Å². The molecule has 74 valence electrons. The number of nitrogens with one attached hydrogen (secondary N) is 1. The summed E-state index contributed by atoms with van der Waals surface area (Å²) < 4.78 is 5.35. The molecular weight excluding hydrogens is 229 g/mol. The van der Waals surface area contributed by atoms with Crippen molar-refractivity contribution >= 4 is 35.3 Å². The molecule has 0 unspecified atom stereocenters. The summed E-state index contributed by atoms with van der Waals surface area (Å²) in [6.07, 6.45) is 0. The molecule has 0 aliphatic carbocycles. The second kappa shape index (κ2) is 5.17. The SMILES string of the molecule is Cl.Clc1ccsc1[C@H]1COCCN1. The lowest BCUT2D eigenvalue weighted by Gasteiger charge is -2.22. The molecule has 0 spiro atoms. The summed E-state index contributed by atoms with van der Waals surface area (Å²) in [5, 5.41) is 6.22. The fourth-order valence-electron chi connectivity index (χ4n) is 1.29. The maximum atomic E-state index is 5.99. The van der Waals surface area contributed by atoms with E-state index in [9.17, 15) is 0 Å². The van der Waals surface area contributed by atoms with Crippen molar-refractivity contribution in [2.75, 3.05) is 19.8 Å². The third-order valence-electron chi connectivity index (χ3n) is 1.88. The van der Waals surface area contributed by atoms with Gasteiger partial charge in [0.05, 0.1) is 24.3 Å². The molecule has 0 amide bonds. The van der Waals surface area contributed by atoms with Gasteiger partial charge in [0.25, 0.3) is 0 Å². The molecule has 0 radical (unpaired) electrons. The first-order chi connectivity index (χ1) is 5.88. The van der Waals surface area contributed by atoms with E-state index in [0.717, 1.165) is 24.8 Å². The van der Waals surface area contributed by atoms with Crippen molar-refractivity contribution < 1.29 is 4.74 Å². The van der Waals surface area contributed by atoms with E-state index in [0.29, 0.717) is 6.04 Å². The first-order valence-electron chi connectivity index (χ1n) is 3.92. The van der Waals surface area contributed by atoms with Crippen LogP contribution >= 0.6 is 35.3 Å². The molecule has 1 aromatic heterocycles. The summed E-state index contributed by atoms with van der Waals surface area (Å²) in [6, 6.07) is 2.23. The van der Waals surface area contributed by atoms with Gasteiger partial charge in [-0.25, -0.2) is 0 Å². The largest absolute Gasteiger partial charge is 0.378 e. The minimum atomic E-state index is 0. The third kappa shape index (κ3) is 2.58. The number of rotatable bonds is 1. The summed E-state index contributed by atoms with van der Waals surface area (Å²) in [5.74, 6) is 0. The summed E-state index contributed by atoms with van der Waals surface area (Å²) in [4.78, 5) is 1.19. The van der Waals surface area contributed by atoms with Gasteiger partial charge < -0.3 is 10.1 Å². The average Bonchev–Trinajstić information content (AvgIpc) is 2.53. The zero-order valence-corrected chi connectivity index (χ0v) is 9.35. The van der Waals surface area contributed by atoms with Gasteiger partial charge in [0.1, 0.15) is 0 Å². The molecule has 1 fully saturated rings. The van der Waals surface area contributed by atoms with Gasteiger partial charge in [-0.1, -0.05) is 11.6 Å². The Balaban J connectivity index is 0.000000845. The van der Waals surface area contributed by atoms with E-state index in [4.69, 9.17) is 16.3 Å². The Hall–Kier alpha value is 0.200. The Labute approximate surface area is 92.6 Å². The lowest BCUT2D eigenvalue weighted by Crippen LogP contribution is -2.34. The van der Waals surface area contributed by atoms with E-state index in [2.05, 4.69) is 5.32 Å². The van der Waals surface area contributed by atoms with E-state index < -0.39 is 0 Å². The number of ether oxygens (including phenoxy) is 1. The highest BCUT2D eigenvalue weighted by molar-refractivity contribution is 7.10. The lowest BCUT2D eigenvalue weighted by molar-refractivity contribution is 0.0779. The molecule has 1 aliphatic rings. The minimum Gasteiger partial charge on any atom is -0.378 e. The van der Waals surface area contributed by atoms with Gasteiger partial charge >= 0.3 is 0 Å². The predicted octanol–water partition coefficient (Wildman–Crippen LogP) is 2.48. The Bertz CT molecular complexity index is 260. The van der Waals surface area contributed by atoms with Crippen molar-refractivity contribution in [1.82, 2.24) is 5.32 Å². The van der Waals surface area contributed by atoms with Crippen molar-refractivity contribution in [3.63, 3.8) is 0 Å². The molecule has 5 heteroatoms. The average molecular weight is 240 g/mol. The number of thiophene rings is 1. The second-order valence-corrected chi connectivity index (χ2v) is 4.07. The monoisotopic (exact) mass is 239 g/mol. The quantitative estimate of drug-likeness (QED) is 0.814. The van der Waals surface area contributed by atoms with E-state index in [-0.39, 0.29) is 12.4 Å². The summed E-state index contributed by atoms with van der Waals surface area (Å²) >= 11 is 7.67. The highest BCUT2D eigenvalue weighted by atomic mass is 35.5. The van der Waals surface area contributed by atoms with Crippen LogP contribution in [-0.4, -0.2) is 19.8 Å². The smallest absolute Gasteiger partial charge is 0.0670 e.